The van der Waals surface area contributed by atoms with Crippen LogP contribution in [0.3, 0.4) is 0 Å². The van der Waals surface area contributed by atoms with Crippen molar-refractivity contribution in [1.29, 1.82) is 0 Å². The lowest BCUT2D eigenvalue weighted by atomic mass is 10.00. The van der Waals surface area contributed by atoms with Gasteiger partial charge in [-0.15, -0.1) is 0 Å². The van der Waals surface area contributed by atoms with E-state index >= 15 is 0 Å². The first-order chi connectivity index (χ1) is 16.7. The number of alkyl halides is 6. The number of nitrogens with one attached hydrogen (secondary N) is 1. The van der Waals surface area contributed by atoms with Crippen LogP contribution in [0.4, 0.5) is 26.3 Å². The number of nitrogens with zero attached hydrogens (tertiary/aromatic N) is 4. The summed E-state index contributed by atoms with van der Waals surface area (Å²) in [5.41, 5.74) is 3.91. The zero-order valence-corrected chi connectivity index (χ0v) is 18.8. The average Bonchev–Trinajstić information content (AvgIpc) is 3.10. The number of amides is 1. The second kappa shape index (κ2) is 9.95. The third-order valence-electron chi connectivity index (χ3n) is 5.35. The van der Waals surface area contributed by atoms with Crippen LogP contribution in [0, 0.1) is 13.8 Å². The Labute approximate surface area is 200 Å². The number of carboxylic acids is 1. The second-order valence-electron chi connectivity index (χ2n) is 7.84. The maximum atomic E-state index is 13.0. The summed E-state index contributed by atoms with van der Waals surface area (Å²) in [6, 6.07) is 3.38. The largest absolute Gasteiger partial charge is 0.490 e. The Bertz CT molecular complexity index is 1250. The van der Waals surface area contributed by atoms with E-state index in [0.717, 1.165) is 21.9 Å². The summed E-state index contributed by atoms with van der Waals surface area (Å²) >= 11 is 0. The van der Waals surface area contributed by atoms with Crippen LogP contribution in [0.15, 0.2) is 36.8 Å². The van der Waals surface area contributed by atoms with Gasteiger partial charge in [-0.25, -0.2) is 9.78 Å². The lowest BCUT2D eigenvalue weighted by molar-refractivity contribution is -0.199. The van der Waals surface area contributed by atoms with Crippen molar-refractivity contribution < 1.29 is 41.0 Å². The van der Waals surface area contributed by atoms with Crippen LogP contribution in [-0.2, 0) is 4.79 Å². The van der Waals surface area contributed by atoms with E-state index in [0.29, 0.717) is 17.1 Å². The van der Waals surface area contributed by atoms with Crippen molar-refractivity contribution in [2.45, 2.75) is 38.7 Å². The molecule has 1 aliphatic heterocycles. The number of aromatic nitrogens is 4. The number of likely N-dealkylation sites (tertiary alicyclic amines) is 1. The van der Waals surface area contributed by atoms with Gasteiger partial charge in [0, 0.05) is 36.4 Å². The number of carbonyl (C=O) groups excluding carboxylic acids is 1. The molecule has 0 radical (unpaired) electrons. The number of hydrogen-bond acceptors (Lipinski definition) is 5. The molecule has 1 amide bonds. The molecule has 1 unspecified atom stereocenters. The maximum Gasteiger partial charge on any atom is 0.490 e. The molecule has 1 atom stereocenters. The highest BCUT2D eigenvalue weighted by Crippen LogP contribution is 2.35. The van der Waals surface area contributed by atoms with E-state index in [1.165, 1.54) is 6.20 Å². The molecular formula is C22H19F6N5O3. The molecule has 0 aromatic carbocycles. The van der Waals surface area contributed by atoms with Crippen molar-refractivity contribution in [2.75, 3.05) is 6.54 Å². The first-order valence-corrected chi connectivity index (χ1v) is 10.3. The molecule has 1 saturated heterocycles. The molecule has 3 aromatic heterocycles. The molecular weight excluding hydrogens is 496 g/mol. The van der Waals surface area contributed by atoms with Gasteiger partial charge in [-0.3, -0.25) is 14.8 Å². The van der Waals surface area contributed by atoms with Crippen LogP contribution < -0.4 is 0 Å². The van der Waals surface area contributed by atoms with Crippen LogP contribution >= 0.6 is 0 Å². The van der Waals surface area contributed by atoms with E-state index in [1.54, 1.807) is 30.6 Å². The number of halogens is 6. The van der Waals surface area contributed by atoms with E-state index < -0.39 is 30.3 Å². The number of pyridine rings is 2. The number of aliphatic carboxylic acids is 1. The Balaban J connectivity index is 0.000000454. The zero-order chi connectivity index (χ0) is 26.8. The number of H-pyrrole nitrogens is 1. The quantitative estimate of drug-likeness (QED) is 0.495. The Morgan fingerprint density at radius 1 is 1.08 bits per heavy atom. The van der Waals surface area contributed by atoms with Gasteiger partial charge < -0.3 is 15.0 Å². The van der Waals surface area contributed by atoms with Crippen LogP contribution in [0.5, 0.6) is 0 Å². The van der Waals surface area contributed by atoms with Gasteiger partial charge in [0.15, 0.2) is 5.82 Å². The van der Waals surface area contributed by atoms with Gasteiger partial charge in [0.1, 0.15) is 11.7 Å². The number of hydrogen-bond donors (Lipinski definition) is 2. The smallest absolute Gasteiger partial charge is 0.475 e. The van der Waals surface area contributed by atoms with Gasteiger partial charge in [0.05, 0.1) is 11.3 Å². The molecule has 36 heavy (non-hydrogen) atoms. The average molecular weight is 515 g/mol. The Kier molecular flexibility index (Phi) is 7.36. The molecule has 0 saturated carbocycles. The highest BCUT2D eigenvalue weighted by molar-refractivity contribution is 5.96. The monoisotopic (exact) mass is 515 g/mol. The molecule has 3 aromatic rings. The van der Waals surface area contributed by atoms with Gasteiger partial charge in [-0.05, 0) is 44.0 Å². The molecule has 0 aliphatic carbocycles. The van der Waals surface area contributed by atoms with E-state index in [2.05, 4.69) is 19.9 Å². The van der Waals surface area contributed by atoms with Crippen molar-refractivity contribution in [3.8, 4) is 22.6 Å². The standard InChI is InChI=1S/C20H18F3N5O.C2HF3O2/c1-11-12(2)27-18(26-11)16-8-13(3-5-25-16)14-7-15(10-24-9-14)19(29)28-6-4-17(28)20(21,22)23;3-2(4,5)1(6)7/h3,5,7-10,17H,4,6H2,1-2H3,(H,26,27);(H,6,7). The van der Waals surface area contributed by atoms with Crippen molar-refractivity contribution in [3.63, 3.8) is 0 Å². The normalized spacial score (nSPS) is 15.6. The highest BCUT2D eigenvalue weighted by atomic mass is 19.4. The van der Waals surface area contributed by atoms with E-state index in [-0.39, 0.29) is 18.5 Å². The van der Waals surface area contributed by atoms with Crippen molar-refractivity contribution in [2.24, 2.45) is 0 Å². The summed E-state index contributed by atoms with van der Waals surface area (Å²) in [5.74, 6) is -2.80. The van der Waals surface area contributed by atoms with E-state index in [4.69, 9.17) is 9.90 Å². The first-order valence-electron chi connectivity index (χ1n) is 10.3. The highest BCUT2D eigenvalue weighted by Gasteiger charge is 2.50. The van der Waals surface area contributed by atoms with E-state index in [1.807, 2.05) is 13.8 Å². The minimum absolute atomic E-state index is 0.0714. The van der Waals surface area contributed by atoms with Crippen LogP contribution in [0.2, 0.25) is 0 Å². The Morgan fingerprint density at radius 2 is 1.75 bits per heavy atom. The third-order valence-corrected chi connectivity index (χ3v) is 5.35. The van der Waals surface area contributed by atoms with Gasteiger partial charge >= 0.3 is 18.3 Å². The number of aryl methyl sites for hydroxylation is 2. The van der Waals surface area contributed by atoms with Crippen LogP contribution in [0.25, 0.3) is 22.6 Å². The second-order valence-corrected chi connectivity index (χ2v) is 7.84. The topological polar surface area (TPSA) is 112 Å². The number of aromatic amines is 1. The minimum Gasteiger partial charge on any atom is -0.475 e. The molecule has 1 fully saturated rings. The number of rotatable bonds is 3. The fourth-order valence-corrected chi connectivity index (χ4v) is 3.26. The lowest BCUT2D eigenvalue weighted by Gasteiger charge is -2.41. The molecule has 0 bridgehead atoms. The summed E-state index contributed by atoms with van der Waals surface area (Å²) in [4.78, 5) is 38.3. The zero-order valence-electron chi connectivity index (χ0n) is 18.8. The molecule has 2 N–H and O–H groups in total. The van der Waals surface area contributed by atoms with Crippen molar-refractivity contribution in [3.05, 3.63) is 53.7 Å². The summed E-state index contributed by atoms with van der Waals surface area (Å²) in [6.45, 7) is 3.89. The number of carboxylic acid groups (broad SMARTS) is 1. The van der Waals surface area contributed by atoms with Gasteiger partial charge in [-0.2, -0.15) is 26.3 Å². The molecule has 192 valence electrons. The first kappa shape index (κ1) is 26.6. The predicted octanol–water partition coefficient (Wildman–Crippen LogP) is 4.56. The Hall–Kier alpha value is -3.97. The molecule has 4 rings (SSSR count). The van der Waals surface area contributed by atoms with Crippen LogP contribution in [-0.4, -0.2) is 66.8 Å². The maximum absolute atomic E-state index is 13.0. The van der Waals surface area contributed by atoms with Crippen LogP contribution in [0.1, 0.15) is 28.2 Å². The summed E-state index contributed by atoms with van der Waals surface area (Å²) in [7, 11) is 0. The molecule has 8 nitrogen and oxygen atoms in total. The summed E-state index contributed by atoms with van der Waals surface area (Å²) in [6.07, 6.45) is -5.11. The molecule has 1 aliphatic rings. The fourth-order valence-electron chi connectivity index (χ4n) is 3.26. The van der Waals surface area contributed by atoms with Crippen molar-refractivity contribution >= 4 is 11.9 Å². The predicted molar refractivity (Wildman–Crippen MR) is 114 cm³/mol. The van der Waals surface area contributed by atoms with Crippen molar-refractivity contribution in [1.82, 2.24) is 24.8 Å². The summed E-state index contributed by atoms with van der Waals surface area (Å²) < 4.78 is 70.7. The minimum atomic E-state index is -5.08. The fraction of sp³-hybridized carbons (Fsp3) is 0.318. The van der Waals surface area contributed by atoms with Gasteiger partial charge in [-0.1, -0.05) is 0 Å². The molecule has 0 spiro atoms. The summed E-state index contributed by atoms with van der Waals surface area (Å²) in [5, 5.41) is 7.12. The molecule has 4 heterocycles. The SMILES string of the molecule is Cc1nc(-c2cc(-c3cncc(C(=O)N4CCC4C(F)(F)F)c3)ccn2)[nH]c1C.O=C(O)C(F)(F)F. The number of imidazole rings is 1. The lowest BCUT2D eigenvalue weighted by Crippen LogP contribution is -2.58. The Morgan fingerprint density at radius 3 is 2.25 bits per heavy atom. The van der Waals surface area contributed by atoms with E-state index in [9.17, 15) is 31.1 Å². The van der Waals surface area contributed by atoms with Gasteiger partial charge in [0.25, 0.3) is 5.91 Å². The number of carbonyl (C=O) groups is 2. The van der Waals surface area contributed by atoms with Gasteiger partial charge in [0.2, 0.25) is 0 Å². The third kappa shape index (κ3) is 5.98. The molecule has 14 heteroatoms.